The number of fused-ring (bicyclic) bond motifs is 1. The average Bonchev–Trinajstić information content (AvgIpc) is 3.11. The quantitative estimate of drug-likeness (QED) is 0.323. The fraction of sp³-hybridized carbons (Fsp3) is 0.304. The first-order valence-electron chi connectivity index (χ1n) is 9.94. The number of hydrogen-bond acceptors (Lipinski definition) is 3. The summed E-state index contributed by atoms with van der Waals surface area (Å²) >= 11 is 5.06. The number of rotatable bonds is 8. The third-order valence-corrected chi connectivity index (χ3v) is 5.36. The molecule has 0 saturated heterocycles. The van der Waals surface area contributed by atoms with Crippen molar-refractivity contribution >= 4 is 34.4 Å². The van der Waals surface area contributed by atoms with Crippen LogP contribution in [0.15, 0.2) is 59.8 Å². The molecule has 152 valence electrons. The molecule has 5 nitrogen and oxygen atoms in total. The summed E-state index contributed by atoms with van der Waals surface area (Å²) in [7, 11) is 1.76. The minimum absolute atomic E-state index is 0.484. The van der Waals surface area contributed by atoms with Gasteiger partial charge in [0.05, 0.1) is 12.8 Å². The van der Waals surface area contributed by atoms with Crippen molar-refractivity contribution in [2.75, 3.05) is 13.7 Å². The standard InChI is InChI=1S/C23H28N4OS/c1-4-17(2)19-9-6-8-12-22(19)28-14-13-27-16-18(15-25-26-23(29)24-3)20-10-5-7-11-21(20)27/h5-12,15-17H,4,13-14H2,1-3H3,(H2,24,26,29)/b25-15+. The molecule has 3 aromatic rings. The lowest BCUT2D eigenvalue weighted by molar-refractivity contribution is 0.296. The summed E-state index contributed by atoms with van der Waals surface area (Å²) in [5.41, 5.74) is 6.26. The lowest BCUT2D eigenvalue weighted by atomic mass is 9.98. The number of ether oxygens (including phenoxy) is 1. The molecule has 1 aromatic heterocycles. The van der Waals surface area contributed by atoms with Crippen molar-refractivity contribution < 1.29 is 4.74 Å². The maximum absolute atomic E-state index is 6.16. The van der Waals surface area contributed by atoms with Gasteiger partial charge in [-0.15, -0.1) is 0 Å². The molecule has 0 aliphatic carbocycles. The molecule has 0 fully saturated rings. The Hall–Kier alpha value is -2.86. The van der Waals surface area contributed by atoms with Crippen molar-refractivity contribution in [2.45, 2.75) is 32.7 Å². The molecule has 1 unspecified atom stereocenters. The topological polar surface area (TPSA) is 50.6 Å². The Kier molecular flexibility index (Phi) is 7.25. The Bertz CT molecular complexity index is 995. The first kappa shape index (κ1) is 20.9. The average molecular weight is 409 g/mol. The number of hydrogen-bond donors (Lipinski definition) is 2. The summed E-state index contributed by atoms with van der Waals surface area (Å²) in [6, 6.07) is 16.6. The van der Waals surface area contributed by atoms with E-state index in [-0.39, 0.29) is 0 Å². The highest BCUT2D eigenvalue weighted by atomic mass is 32.1. The number of hydrazone groups is 1. The van der Waals surface area contributed by atoms with Gasteiger partial charge in [-0.25, -0.2) is 0 Å². The van der Waals surface area contributed by atoms with E-state index in [0.29, 0.717) is 17.6 Å². The van der Waals surface area contributed by atoms with Crippen molar-refractivity contribution in [3.63, 3.8) is 0 Å². The first-order valence-corrected chi connectivity index (χ1v) is 10.3. The predicted molar refractivity (Wildman–Crippen MR) is 125 cm³/mol. The zero-order valence-electron chi connectivity index (χ0n) is 17.2. The van der Waals surface area contributed by atoms with Crippen LogP contribution in [0.5, 0.6) is 5.75 Å². The zero-order valence-corrected chi connectivity index (χ0v) is 18.0. The number of thiocarbonyl (C=S) groups is 1. The lowest BCUT2D eigenvalue weighted by Gasteiger charge is -2.16. The van der Waals surface area contributed by atoms with Crippen molar-refractivity contribution in [2.24, 2.45) is 5.10 Å². The molecule has 6 heteroatoms. The van der Waals surface area contributed by atoms with Crippen molar-refractivity contribution in [3.05, 3.63) is 65.9 Å². The molecule has 0 bridgehead atoms. The molecular weight excluding hydrogens is 380 g/mol. The summed E-state index contributed by atoms with van der Waals surface area (Å²) in [6.07, 6.45) is 4.99. The number of nitrogens with one attached hydrogen (secondary N) is 2. The van der Waals surface area contributed by atoms with Gasteiger partial charge in [-0.05, 0) is 42.3 Å². The number of aromatic nitrogens is 1. The summed E-state index contributed by atoms with van der Waals surface area (Å²) in [4.78, 5) is 0. The third-order valence-electron chi connectivity index (χ3n) is 5.07. The van der Waals surface area contributed by atoms with Crippen molar-refractivity contribution in [1.29, 1.82) is 0 Å². The molecule has 0 amide bonds. The second-order valence-corrected chi connectivity index (χ2v) is 7.35. The normalized spacial score (nSPS) is 12.2. The summed E-state index contributed by atoms with van der Waals surface area (Å²) < 4.78 is 8.36. The van der Waals surface area contributed by atoms with E-state index >= 15 is 0 Å². The van der Waals surface area contributed by atoms with Gasteiger partial charge in [0.15, 0.2) is 5.11 Å². The second kappa shape index (κ2) is 10.1. The molecule has 0 radical (unpaired) electrons. The minimum Gasteiger partial charge on any atom is -0.491 e. The Balaban J connectivity index is 1.74. The highest BCUT2D eigenvalue weighted by Crippen LogP contribution is 2.28. The van der Waals surface area contributed by atoms with Crippen LogP contribution in [0.25, 0.3) is 10.9 Å². The van der Waals surface area contributed by atoms with E-state index < -0.39 is 0 Å². The van der Waals surface area contributed by atoms with E-state index in [1.165, 1.54) is 5.56 Å². The van der Waals surface area contributed by atoms with E-state index in [2.05, 4.69) is 70.8 Å². The lowest BCUT2D eigenvalue weighted by Crippen LogP contribution is -2.28. The smallest absolute Gasteiger partial charge is 0.186 e. The van der Waals surface area contributed by atoms with Gasteiger partial charge in [0, 0.05) is 29.7 Å². The van der Waals surface area contributed by atoms with E-state index in [1.807, 2.05) is 18.2 Å². The van der Waals surface area contributed by atoms with Crippen LogP contribution in [0.3, 0.4) is 0 Å². The maximum Gasteiger partial charge on any atom is 0.186 e. The molecule has 3 rings (SSSR count). The van der Waals surface area contributed by atoms with E-state index in [4.69, 9.17) is 17.0 Å². The Morgan fingerprint density at radius 3 is 2.76 bits per heavy atom. The van der Waals surface area contributed by atoms with Gasteiger partial charge in [-0.3, -0.25) is 5.43 Å². The van der Waals surface area contributed by atoms with Gasteiger partial charge in [-0.2, -0.15) is 5.10 Å². The monoisotopic (exact) mass is 408 g/mol. The molecule has 1 heterocycles. The Labute approximate surface area is 177 Å². The zero-order chi connectivity index (χ0) is 20.6. The molecule has 0 aliphatic rings. The second-order valence-electron chi connectivity index (χ2n) is 6.94. The number of nitrogens with zero attached hydrogens (tertiary/aromatic N) is 2. The fourth-order valence-electron chi connectivity index (χ4n) is 3.27. The van der Waals surface area contributed by atoms with Gasteiger partial charge in [0.2, 0.25) is 0 Å². The Morgan fingerprint density at radius 1 is 1.21 bits per heavy atom. The van der Waals surface area contributed by atoms with Crippen LogP contribution < -0.4 is 15.5 Å². The third kappa shape index (κ3) is 5.15. The van der Waals surface area contributed by atoms with Gasteiger partial charge in [-0.1, -0.05) is 50.2 Å². The number of benzene rings is 2. The van der Waals surface area contributed by atoms with Crippen molar-refractivity contribution in [3.8, 4) is 5.75 Å². The van der Waals surface area contributed by atoms with Crippen LogP contribution in [0.2, 0.25) is 0 Å². The van der Waals surface area contributed by atoms with E-state index in [1.54, 1.807) is 13.3 Å². The molecular formula is C23H28N4OS. The summed E-state index contributed by atoms with van der Waals surface area (Å²) in [5.74, 6) is 1.46. The van der Waals surface area contributed by atoms with Crippen LogP contribution in [0.4, 0.5) is 0 Å². The van der Waals surface area contributed by atoms with Crippen LogP contribution in [-0.2, 0) is 6.54 Å². The SMILES string of the molecule is CCC(C)c1ccccc1OCCn1cc(/C=N/NC(=S)NC)c2ccccc21. The number of para-hydroxylation sites is 2. The Morgan fingerprint density at radius 2 is 1.97 bits per heavy atom. The van der Waals surface area contributed by atoms with Gasteiger partial charge in [0.25, 0.3) is 0 Å². The fourth-order valence-corrected chi connectivity index (χ4v) is 3.33. The molecule has 2 aromatic carbocycles. The van der Waals surface area contributed by atoms with Gasteiger partial charge >= 0.3 is 0 Å². The molecule has 29 heavy (non-hydrogen) atoms. The molecule has 0 spiro atoms. The van der Waals surface area contributed by atoms with Crippen molar-refractivity contribution in [1.82, 2.24) is 15.3 Å². The molecule has 2 N–H and O–H groups in total. The molecule has 1 atom stereocenters. The van der Waals surface area contributed by atoms with E-state index in [0.717, 1.165) is 35.2 Å². The van der Waals surface area contributed by atoms with Gasteiger partial charge < -0.3 is 14.6 Å². The summed E-state index contributed by atoms with van der Waals surface area (Å²) in [6.45, 7) is 5.80. The van der Waals surface area contributed by atoms with Crippen LogP contribution in [0, 0.1) is 0 Å². The summed E-state index contributed by atoms with van der Waals surface area (Å²) in [5, 5.41) is 8.69. The molecule has 0 saturated carbocycles. The van der Waals surface area contributed by atoms with E-state index in [9.17, 15) is 0 Å². The molecule has 0 aliphatic heterocycles. The minimum atomic E-state index is 0.484. The first-order chi connectivity index (χ1) is 14.1. The predicted octanol–water partition coefficient (Wildman–Crippen LogP) is 4.66. The maximum atomic E-state index is 6.16. The van der Waals surface area contributed by atoms with Crippen LogP contribution in [-0.4, -0.2) is 29.5 Å². The largest absolute Gasteiger partial charge is 0.491 e. The van der Waals surface area contributed by atoms with Gasteiger partial charge in [0.1, 0.15) is 12.4 Å². The van der Waals surface area contributed by atoms with Crippen LogP contribution in [0.1, 0.15) is 37.3 Å². The van der Waals surface area contributed by atoms with Crippen LogP contribution >= 0.6 is 12.2 Å². The highest BCUT2D eigenvalue weighted by Gasteiger charge is 2.10. The highest BCUT2D eigenvalue weighted by molar-refractivity contribution is 7.80.